The van der Waals surface area contributed by atoms with Crippen LogP contribution in [0.15, 0.2) is 66.7 Å². The molecule has 7 heteroatoms. The standard InChI is InChI=1S/C25H24N2O5/c28-23-10-8-19(27-11-4-13-32-14-12-27)16-21(23)24(29)26-22-15-18(7-9-20(22)25(30)31)17-5-2-1-3-6-17/h1-3,5-10,15-16,28H,4,11-14H2,(H,26,29)(H,30,31). The van der Waals surface area contributed by atoms with Crippen molar-refractivity contribution in [2.24, 2.45) is 0 Å². The van der Waals surface area contributed by atoms with Crippen molar-refractivity contribution in [3.63, 3.8) is 0 Å². The Hall–Kier alpha value is -3.84. The normalized spacial score (nSPS) is 13.9. The van der Waals surface area contributed by atoms with Crippen molar-refractivity contribution in [1.29, 1.82) is 0 Å². The van der Waals surface area contributed by atoms with Crippen molar-refractivity contribution in [2.45, 2.75) is 6.42 Å². The molecule has 3 aromatic rings. The summed E-state index contributed by atoms with van der Waals surface area (Å²) < 4.78 is 5.48. The molecule has 3 N–H and O–H groups in total. The number of rotatable bonds is 5. The number of phenols is 1. The summed E-state index contributed by atoms with van der Waals surface area (Å²) in [7, 11) is 0. The molecule has 0 atom stereocenters. The van der Waals surface area contributed by atoms with E-state index in [4.69, 9.17) is 4.74 Å². The number of carboxylic acid groups (broad SMARTS) is 1. The topological polar surface area (TPSA) is 99.1 Å². The number of phenolic OH excluding ortho intramolecular Hbond substituents is 1. The maximum Gasteiger partial charge on any atom is 0.337 e. The summed E-state index contributed by atoms with van der Waals surface area (Å²) in [6, 6.07) is 19.1. The SMILES string of the molecule is O=C(Nc1cc(-c2ccccc2)ccc1C(=O)O)c1cc(N2CCCOCC2)ccc1O. The molecule has 3 aromatic carbocycles. The molecular weight excluding hydrogens is 408 g/mol. The summed E-state index contributed by atoms with van der Waals surface area (Å²) in [5.41, 5.74) is 2.68. The smallest absolute Gasteiger partial charge is 0.337 e. The van der Waals surface area contributed by atoms with Crippen molar-refractivity contribution in [3.05, 3.63) is 77.9 Å². The molecule has 0 bridgehead atoms. The van der Waals surface area contributed by atoms with Gasteiger partial charge in [0.1, 0.15) is 5.75 Å². The number of amides is 1. The first-order valence-electron chi connectivity index (χ1n) is 10.4. The van der Waals surface area contributed by atoms with E-state index in [2.05, 4.69) is 10.2 Å². The molecule has 7 nitrogen and oxygen atoms in total. The lowest BCUT2D eigenvalue weighted by molar-refractivity contribution is 0.0698. The maximum atomic E-state index is 13.1. The lowest BCUT2D eigenvalue weighted by Crippen LogP contribution is -2.26. The van der Waals surface area contributed by atoms with E-state index in [1.165, 1.54) is 12.1 Å². The van der Waals surface area contributed by atoms with E-state index in [-0.39, 0.29) is 22.6 Å². The molecule has 1 aliphatic rings. The van der Waals surface area contributed by atoms with Gasteiger partial charge in [-0.05, 0) is 47.9 Å². The molecule has 1 aliphatic heterocycles. The number of hydrogen-bond donors (Lipinski definition) is 3. The zero-order valence-electron chi connectivity index (χ0n) is 17.5. The van der Waals surface area contributed by atoms with Gasteiger partial charge in [-0.15, -0.1) is 0 Å². The summed E-state index contributed by atoms with van der Waals surface area (Å²) in [6.45, 7) is 2.76. The minimum Gasteiger partial charge on any atom is -0.507 e. The predicted molar refractivity (Wildman–Crippen MR) is 123 cm³/mol. The number of anilines is 2. The van der Waals surface area contributed by atoms with Gasteiger partial charge in [-0.1, -0.05) is 36.4 Å². The zero-order chi connectivity index (χ0) is 22.5. The Morgan fingerprint density at radius 3 is 2.47 bits per heavy atom. The van der Waals surface area contributed by atoms with Crippen LogP contribution in [-0.4, -0.2) is 48.4 Å². The van der Waals surface area contributed by atoms with E-state index in [0.717, 1.165) is 29.8 Å². The Kier molecular flexibility index (Phi) is 6.37. The first-order chi connectivity index (χ1) is 15.5. The van der Waals surface area contributed by atoms with Crippen LogP contribution in [0.2, 0.25) is 0 Å². The van der Waals surface area contributed by atoms with Crippen LogP contribution in [0, 0.1) is 0 Å². The van der Waals surface area contributed by atoms with Gasteiger partial charge in [-0.3, -0.25) is 4.79 Å². The lowest BCUT2D eigenvalue weighted by Gasteiger charge is -2.22. The fourth-order valence-electron chi connectivity index (χ4n) is 3.74. The van der Waals surface area contributed by atoms with Crippen molar-refractivity contribution >= 4 is 23.3 Å². The third-order valence-corrected chi connectivity index (χ3v) is 5.42. The molecule has 1 amide bonds. The highest BCUT2D eigenvalue weighted by molar-refractivity contribution is 6.10. The monoisotopic (exact) mass is 432 g/mol. The van der Waals surface area contributed by atoms with Gasteiger partial charge < -0.3 is 25.2 Å². The number of nitrogens with one attached hydrogen (secondary N) is 1. The molecule has 0 spiro atoms. The molecule has 164 valence electrons. The van der Waals surface area contributed by atoms with E-state index in [9.17, 15) is 19.8 Å². The fourth-order valence-corrected chi connectivity index (χ4v) is 3.74. The average molecular weight is 432 g/mol. The molecule has 4 rings (SSSR count). The number of benzene rings is 3. The quantitative estimate of drug-likeness (QED) is 0.558. The number of ether oxygens (including phenoxy) is 1. The van der Waals surface area contributed by atoms with Crippen LogP contribution in [-0.2, 0) is 4.74 Å². The molecule has 1 heterocycles. The maximum absolute atomic E-state index is 13.1. The predicted octanol–water partition coefficient (Wildman–Crippen LogP) is 4.24. The fraction of sp³-hybridized carbons (Fsp3) is 0.200. The Morgan fingerprint density at radius 1 is 0.875 bits per heavy atom. The summed E-state index contributed by atoms with van der Waals surface area (Å²) in [6.07, 6.45) is 0.872. The third kappa shape index (κ3) is 4.73. The van der Waals surface area contributed by atoms with Gasteiger partial charge in [0.2, 0.25) is 0 Å². The van der Waals surface area contributed by atoms with Gasteiger partial charge in [-0.25, -0.2) is 4.79 Å². The van der Waals surface area contributed by atoms with Gasteiger partial charge in [0.15, 0.2) is 0 Å². The van der Waals surface area contributed by atoms with Crippen LogP contribution in [0.4, 0.5) is 11.4 Å². The van der Waals surface area contributed by atoms with Gasteiger partial charge in [0.05, 0.1) is 23.4 Å². The first-order valence-corrected chi connectivity index (χ1v) is 10.4. The molecule has 1 fully saturated rings. The summed E-state index contributed by atoms with van der Waals surface area (Å²) >= 11 is 0. The highest BCUT2D eigenvalue weighted by Crippen LogP contribution is 2.29. The number of aromatic hydroxyl groups is 1. The van der Waals surface area contributed by atoms with E-state index < -0.39 is 11.9 Å². The van der Waals surface area contributed by atoms with Crippen molar-refractivity contribution < 1.29 is 24.5 Å². The number of carbonyl (C=O) groups is 2. The molecule has 1 saturated heterocycles. The van der Waals surface area contributed by atoms with Crippen LogP contribution < -0.4 is 10.2 Å². The van der Waals surface area contributed by atoms with Crippen LogP contribution in [0.3, 0.4) is 0 Å². The molecule has 0 unspecified atom stereocenters. The second-order valence-corrected chi connectivity index (χ2v) is 7.54. The Balaban J connectivity index is 1.64. The molecular formula is C25H24N2O5. The van der Waals surface area contributed by atoms with E-state index >= 15 is 0 Å². The van der Waals surface area contributed by atoms with Crippen LogP contribution in [0.5, 0.6) is 5.75 Å². The van der Waals surface area contributed by atoms with Gasteiger partial charge in [0.25, 0.3) is 5.91 Å². The number of carboxylic acids is 1. The molecule has 0 radical (unpaired) electrons. The van der Waals surface area contributed by atoms with E-state index in [1.54, 1.807) is 24.3 Å². The number of hydrogen-bond acceptors (Lipinski definition) is 5. The number of aromatic carboxylic acids is 1. The zero-order valence-corrected chi connectivity index (χ0v) is 17.5. The Bertz CT molecular complexity index is 1120. The van der Waals surface area contributed by atoms with E-state index in [0.29, 0.717) is 19.8 Å². The highest BCUT2D eigenvalue weighted by atomic mass is 16.5. The first kappa shape index (κ1) is 21.4. The summed E-state index contributed by atoms with van der Waals surface area (Å²) in [5, 5.41) is 22.6. The second kappa shape index (κ2) is 9.53. The van der Waals surface area contributed by atoms with Gasteiger partial charge in [0, 0.05) is 25.4 Å². The lowest BCUT2D eigenvalue weighted by atomic mass is 10.0. The second-order valence-electron chi connectivity index (χ2n) is 7.54. The summed E-state index contributed by atoms with van der Waals surface area (Å²) in [5.74, 6) is -1.90. The van der Waals surface area contributed by atoms with Gasteiger partial charge >= 0.3 is 5.97 Å². The number of nitrogens with zero attached hydrogens (tertiary/aromatic N) is 1. The van der Waals surface area contributed by atoms with E-state index in [1.807, 2.05) is 30.3 Å². The van der Waals surface area contributed by atoms with Crippen molar-refractivity contribution in [1.82, 2.24) is 0 Å². The van der Waals surface area contributed by atoms with Crippen molar-refractivity contribution in [2.75, 3.05) is 36.5 Å². The molecule has 0 aliphatic carbocycles. The number of carbonyl (C=O) groups excluding carboxylic acids is 1. The molecule has 0 saturated carbocycles. The largest absolute Gasteiger partial charge is 0.507 e. The average Bonchev–Trinajstić information content (AvgIpc) is 3.09. The van der Waals surface area contributed by atoms with Gasteiger partial charge in [-0.2, -0.15) is 0 Å². The molecule has 32 heavy (non-hydrogen) atoms. The highest BCUT2D eigenvalue weighted by Gasteiger charge is 2.19. The minimum absolute atomic E-state index is 0.0293. The Morgan fingerprint density at radius 2 is 1.69 bits per heavy atom. The summed E-state index contributed by atoms with van der Waals surface area (Å²) in [4.78, 5) is 26.9. The van der Waals surface area contributed by atoms with Crippen LogP contribution in [0.25, 0.3) is 11.1 Å². The Labute approximate surface area is 185 Å². The third-order valence-electron chi connectivity index (χ3n) is 5.42. The van der Waals surface area contributed by atoms with Crippen molar-refractivity contribution in [3.8, 4) is 16.9 Å². The van der Waals surface area contributed by atoms with Crippen LogP contribution >= 0.6 is 0 Å². The molecule has 0 aromatic heterocycles. The van der Waals surface area contributed by atoms with Crippen LogP contribution in [0.1, 0.15) is 27.1 Å². The minimum atomic E-state index is -1.15.